The molecule has 1 heterocycles. The number of likely N-dealkylation sites (tertiary alicyclic amines) is 1. The Morgan fingerprint density at radius 3 is 2.64 bits per heavy atom. The molecule has 2 fully saturated rings. The fourth-order valence-corrected chi connectivity index (χ4v) is 4.03. The molecule has 1 aromatic carbocycles. The van der Waals surface area contributed by atoms with E-state index in [0.29, 0.717) is 6.61 Å². The zero-order chi connectivity index (χ0) is 17.8. The van der Waals surface area contributed by atoms with Crippen molar-refractivity contribution in [2.45, 2.75) is 44.6 Å². The van der Waals surface area contributed by atoms with E-state index in [4.69, 9.17) is 14.2 Å². The van der Waals surface area contributed by atoms with Gasteiger partial charge in [0.25, 0.3) is 0 Å². The standard InChI is InChI=1S/C20H29NO4/c1-4-24-20(22)17-13-21(2)12-16(17)14-9-10-18(23-3)19(11-14)25-15-7-5-6-8-15/h9-11,15-17H,4-8,12-13H2,1-3H3/t16-,17+/m1/s1. The van der Waals surface area contributed by atoms with Crippen LogP contribution >= 0.6 is 0 Å². The van der Waals surface area contributed by atoms with Gasteiger partial charge in [0.2, 0.25) is 0 Å². The number of hydrogen-bond donors (Lipinski definition) is 0. The van der Waals surface area contributed by atoms with E-state index in [-0.39, 0.29) is 23.9 Å². The average molecular weight is 347 g/mol. The minimum Gasteiger partial charge on any atom is -0.493 e. The van der Waals surface area contributed by atoms with E-state index in [1.54, 1.807) is 7.11 Å². The Bertz CT molecular complexity index is 597. The molecule has 5 heteroatoms. The molecule has 0 spiro atoms. The second-order valence-electron chi connectivity index (χ2n) is 7.12. The van der Waals surface area contributed by atoms with Crippen LogP contribution in [-0.2, 0) is 9.53 Å². The zero-order valence-electron chi connectivity index (χ0n) is 15.5. The predicted molar refractivity (Wildman–Crippen MR) is 96.2 cm³/mol. The third kappa shape index (κ3) is 4.09. The highest BCUT2D eigenvalue weighted by Gasteiger charge is 2.38. The molecule has 1 aliphatic carbocycles. The Kier molecular flexibility index (Phi) is 5.84. The van der Waals surface area contributed by atoms with Crippen LogP contribution in [0.1, 0.15) is 44.1 Å². The lowest BCUT2D eigenvalue weighted by molar-refractivity contribution is -0.147. The van der Waals surface area contributed by atoms with E-state index in [1.165, 1.54) is 12.8 Å². The Morgan fingerprint density at radius 2 is 1.96 bits per heavy atom. The van der Waals surface area contributed by atoms with Crippen LogP contribution in [0.25, 0.3) is 0 Å². The van der Waals surface area contributed by atoms with Crippen molar-refractivity contribution in [2.24, 2.45) is 5.92 Å². The molecule has 1 saturated carbocycles. The molecule has 0 aromatic heterocycles. The molecule has 1 aliphatic heterocycles. The molecule has 2 aliphatic rings. The van der Waals surface area contributed by atoms with Crippen molar-refractivity contribution in [1.82, 2.24) is 4.90 Å². The maximum Gasteiger partial charge on any atom is 0.310 e. The lowest BCUT2D eigenvalue weighted by Gasteiger charge is -2.21. The number of esters is 1. The van der Waals surface area contributed by atoms with Gasteiger partial charge in [-0.05, 0) is 57.4 Å². The summed E-state index contributed by atoms with van der Waals surface area (Å²) in [5.74, 6) is 1.45. The number of methoxy groups -OCH3 is 1. The van der Waals surface area contributed by atoms with Gasteiger partial charge in [0, 0.05) is 19.0 Å². The molecule has 1 aromatic rings. The van der Waals surface area contributed by atoms with Gasteiger partial charge in [-0.3, -0.25) is 4.79 Å². The Balaban J connectivity index is 1.83. The summed E-state index contributed by atoms with van der Waals surface area (Å²) in [4.78, 5) is 14.5. The summed E-state index contributed by atoms with van der Waals surface area (Å²) in [7, 11) is 3.72. The van der Waals surface area contributed by atoms with Gasteiger partial charge >= 0.3 is 5.97 Å². The average Bonchev–Trinajstić information content (AvgIpc) is 3.24. The molecule has 138 valence electrons. The lowest BCUT2D eigenvalue weighted by atomic mass is 9.89. The van der Waals surface area contributed by atoms with E-state index >= 15 is 0 Å². The van der Waals surface area contributed by atoms with Crippen molar-refractivity contribution in [2.75, 3.05) is 33.9 Å². The van der Waals surface area contributed by atoms with E-state index in [2.05, 4.69) is 17.0 Å². The van der Waals surface area contributed by atoms with E-state index in [1.807, 2.05) is 20.0 Å². The predicted octanol–water partition coefficient (Wildman–Crippen LogP) is 3.22. The quantitative estimate of drug-likeness (QED) is 0.740. The first kappa shape index (κ1) is 18.1. The minimum absolute atomic E-state index is 0.106. The summed E-state index contributed by atoms with van der Waals surface area (Å²) in [5.41, 5.74) is 1.12. The normalized spacial score (nSPS) is 24.4. The molecule has 1 saturated heterocycles. The SMILES string of the molecule is CCOC(=O)[C@H]1CN(C)C[C@@H]1c1ccc(OC)c(OC2CCCC2)c1. The van der Waals surface area contributed by atoms with Crippen LogP contribution < -0.4 is 9.47 Å². The molecule has 5 nitrogen and oxygen atoms in total. The number of nitrogens with zero attached hydrogens (tertiary/aromatic N) is 1. The molecule has 2 atom stereocenters. The van der Waals surface area contributed by atoms with Gasteiger partial charge in [-0.1, -0.05) is 6.07 Å². The lowest BCUT2D eigenvalue weighted by Crippen LogP contribution is -2.24. The summed E-state index contributed by atoms with van der Waals surface area (Å²) >= 11 is 0. The molecule has 0 amide bonds. The van der Waals surface area contributed by atoms with Crippen molar-refractivity contribution in [3.63, 3.8) is 0 Å². The highest BCUT2D eigenvalue weighted by Crippen LogP contribution is 2.38. The molecular formula is C20H29NO4. The first-order valence-electron chi connectivity index (χ1n) is 9.32. The van der Waals surface area contributed by atoms with Gasteiger partial charge in [0.15, 0.2) is 11.5 Å². The molecule has 0 radical (unpaired) electrons. The largest absolute Gasteiger partial charge is 0.493 e. The number of ether oxygens (including phenoxy) is 3. The van der Waals surface area contributed by atoms with Crippen molar-refractivity contribution in [3.05, 3.63) is 23.8 Å². The van der Waals surface area contributed by atoms with E-state index < -0.39 is 0 Å². The highest BCUT2D eigenvalue weighted by atomic mass is 16.5. The summed E-state index contributed by atoms with van der Waals surface area (Å²) in [5, 5.41) is 0. The molecule has 0 N–H and O–H groups in total. The monoisotopic (exact) mass is 347 g/mol. The summed E-state index contributed by atoms with van der Waals surface area (Å²) in [6.45, 7) is 3.85. The number of carbonyl (C=O) groups is 1. The van der Waals surface area contributed by atoms with Crippen LogP contribution in [0.3, 0.4) is 0 Å². The van der Waals surface area contributed by atoms with Crippen LogP contribution in [-0.4, -0.2) is 50.8 Å². The van der Waals surface area contributed by atoms with Gasteiger partial charge in [-0.2, -0.15) is 0 Å². The Morgan fingerprint density at radius 1 is 1.20 bits per heavy atom. The van der Waals surface area contributed by atoms with Gasteiger partial charge in [0.05, 0.1) is 25.7 Å². The molecule has 0 bridgehead atoms. The maximum atomic E-state index is 12.4. The van der Waals surface area contributed by atoms with Crippen molar-refractivity contribution in [3.8, 4) is 11.5 Å². The van der Waals surface area contributed by atoms with Gasteiger partial charge in [0.1, 0.15) is 0 Å². The van der Waals surface area contributed by atoms with Gasteiger partial charge in [-0.25, -0.2) is 0 Å². The van der Waals surface area contributed by atoms with Crippen molar-refractivity contribution >= 4 is 5.97 Å². The van der Waals surface area contributed by atoms with Crippen LogP contribution in [0.2, 0.25) is 0 Å². The Labute approximate surface area is 150 Å². The fourth-order valence-electron chi connectivity index (χ4n) is 4.03. The maximum absolute atomic E-state index is 12.4. The van der Waals surface area contributed by atoms with Crippen molar-refractivity contribution < 1.29 is 19.0 Å². The van der Waals surface area contributed by atoms with E-state index in [9.17, 15) is 4.79 Å². The topological polar surface area (TPSA) is 48.0 Å². The molecule has 3 rings (SSSR count). The number of benzene rings is 1. The molecule has 0 unspecified atom stereocenters. The second-order valence-corrected chi connectivity index (χ2v) is 7.12. The van der Waals surface area contributed by atoms with Crippen molar-refractivity contribution in [1.29, 1.82) is 0 Å². The fraction of sp³-hybridized carbons (Fsp3) is 0.650. The third-order valence-electron chi connectivity index (χ3n) is 5.30. The summed E-state index contributed by atoms with van der Waals surface area (Å²) in [6, 6.07) is 6.07. The third-order valence-corrected chi connectivity index (χ3v) is 5.30. The van der Waals surface area contributed by atoms with Crippen LogP contribution in [0.5, 0.6) is 11.5 Å². The van der Waals surface area contributed by atoms with Crippen LogP contribution in [0, 0.1) is 5.92 Å². The summed E-state index contributed by atoms with van der Waals surface area (Å²) in [6.07, 6.45) is 4.93. The second kappa shape index (κ2) is 8.09. The smallest absolute Gasteiger partial charge is 0.310 e. The number of carbonyl (C=O) groups excluding carboxylic acids is 1. The highest BCUT2D eigenvalue weighted by molar-refractivity contribution is 5.74. The molecular weight excluding hydrogens is 318 g/mol. The number of likely N-dealkylation sites (N-methyl/N-ethyl adjacent to an activating group) is 1. The first-order chi connectivity index (χ1) is 12.1. The van der Waals surface area contributed by atoms with Gasteiger partial charge < -0.3 is 19.1 Å². The molecule has 25 heavy (non-hydrogen) atoms. The van der Waals surface area contributed by atoms with Crippen LogP contribution in [0.15, 0.2) is 18.2 Å². The number of hydrogen-bond acceptors (Lipinski definition) is 5. The zero-order valence-corrected chi connectivity index (χ0v) is 15.5. The van der Waals surface area contributed by atoms with Crippen LogP contribution in [0.4, 0.5) is 0 Å². The van der Waals surface area contributed by atoms with Gasteiger partial charge in [-0.15, -0.1) is 0 Å². The first-order valence-corrected chi connectivity index (χ1v) is 9.32. The summed E-state index contributed by atoms with van der Waals surface area (Å²) < 4.78 is 17.0. The minimum atomic E-state index is -0.127. The number of rotatable bonds is 6. The van der Waals surface area contributed by atoms with E-state index in [0.717, 1.165) is 43.0 Å². The Hall–Kier alpha value is -1.75.